The monoisotopic (exact) mass is 365 g/mol. The highest BCUT2D eigenvalue weighted by atomic mass is 35.5. The maximum absolute atomic E-state index is 6.04. The molecule has 4 nitrogen and oxygen atoms in total. The Hall–Kier alpha value is -1.82. The van der Waals surface area contributed by atoms with Gasteiger partial charge in [0.05, 0.1) is 22.5 Å². The molecular weight excluding hydrogens is 353 g/mol. The number of furan rings is 1. The zero-order chi connectivity index (χ0) is 16.2. The van der Waals surface area contributed by atoms with Gasteiger partial charge in [-0.15, -0.1) is 11.3 Å². The number of benzene rings is 1. The number of rotatable bonds is 4. The lowest BCUT2D eigenvalue weighted by atomic mass is 10.2. The van der Waals surface area contributed by atoms with Gasteiger partial charge >= 0.3 is 0 Å². The van der Waals surface area contributed by atoms with Crippen LogP contribution in [0.15, 0.2) is 56.5 Å². The van der Waals surface area contributed by atoms with E-state index in [1.54, 1.807) is 29.3 Å². The molecule has 0 saturated heterocycles. The van der Waals surface area contributed by atoms with Gasteiger partial charge in [0, 0.05) is 11.9 Å². The van der Waals surface area contributed by atoms with E-state index in [9.17, 15) is 0 Å². The molecule has 0 unspecified atom stereocenters. The first kappa shape index (κ1) is 16.1. The first-order valence-electron chi connectivity index (χ1n) is 6.93. The Morgan fingerprint density at radius 2 is 2.13 bits per heavy atom. The predicted molar refractivity (Wildman–Crippen MR) is 95.6 cm³/mol. The van der Waals surface area contributed by atoms with Crippen molar-refractivity contribution in [2.75, 3.05) is 6.54 Å². The van der Waals surface area contributed by atoms with Gasteiger partial charge in [-0.1, -0.05) is 29.3 Å². The van der Waals surface area contributed by atoms with Crippen LogP contribution in [0.2, 0.25) is 10.0 Å². The lowest BCUT2D eigenvalue weighted by Gasteiger charge is -2.01. The summed E-state index contributed by atoms with van der Waals surface area (Å²) in [5, 5.41) is 7.51. The molecule has 0 N–H and O–H groups in total. The Labute approximate surface area is 147 Å². The van der Waals surface area contributed by atoms with Gasteiger partial charge in [-0.2, -0.15) is 5.10 Å². The van der Waals surface area contributed by atoms with E-state index in [4.69, 9.17) is 27.6 Å². The number of thiazole rings is 1. The molecule has 3 aromatic rings. The van der Waals surface area contributed by atoms with Crippen LogP contribution in [0.25, 0.3) is 11.5 Å². The van der Waals surface area contributed by atoms with Gasteiger partial charge in [0.1, 0.15) is 5.69 Å². The minimum Gasteiger partial charge on any atom is -0.463 e. The summed E-state index contributed by atoms with van der Waals surface area (Å²) in [6.07, 6.45) is 3.35. The van der Waals surface area contributed by atoms with Gasteiger partial charge < -0.3 is 4.42 Å². The maximum atomic E-state index is 6.04. The summed E-state index contributed by atoms with van der Waals surface area (Å²) in [6, 6.07) is 9.10. The van der Waals surface area contributed by atoms with Crippen molar-refractivity contribution in [2.24, 2.45) is 10.1 Å². The second-order valence-electron chi connectivity index (χ2n) is 4.59. The number of hydrogen-bond acceptors (Lipinski definition) is 4. The Balaban J connectivity index is 2.04. The summed E-state index contributed by atoms with van der Waals surface area (Å²) >= 11 is 13.5. The summed E-state index contributed by atoms with van der Waals surface area (Å²) in [4.78, 5) is 5.26. The zero-order valence-corrected chi connectivity index (χ0v) is 14.6. The van der Waals surface area contributed by atoms with Crippen molar-refractivity contribution < 1.29 is 4.42 Å². The third-order valence-corrected chi connectivity index (χ3v) is 4.61. The smallest absolute Gasteiger partial charge is 0.206 e. The fraction of sp³-hybridized carbons (Fsp3) is 0.125. The van der Waals surface area contributed by atoms with Crippen LogP contribution < -0.4 is 4.80 Å². The molecule has 7 heteroatoms. The maximum Gasteiger partial charge on any atom is 0.206 e. The van der Waals surface area contributed by atoms with Gasteiger partial charge in [-0.05, 0) is 36.8 Å². The van der Waals surface area contributed by atoms with Gasteiger partial charge in [-0.3, -0.25) is 4.99 Å². The van der Waals surface area contributed by atoms with Crippen molar-refractivity contribution >= 4 is 40.8 Å². The van der Waals surface area contributed by atoms with Crippen LogP contribution in [0.4, 0.5) is 0 Å². The quantitative estimate of drug-likeness (QED) is 0.605. The van der Waals surface area contributed by atoms with Crippen molar-refractivity contribution in [3.05, 3.63) is 62.4 Å². The third kappa shape index (κ3) is 3.58. The van der Waals surface area contributed by atoms with E-state index in [1.165, 1.54) is 11.3 Å². The average Bonchev–Trinajstić information content (AvgIpc) is 3.18. The van der Waals surface area contributed by atoms with E-state index >= 15 is 0 Å². The summed E-state index contributed by atoms with van der Waals surface area (Å²) in [5.41, 5.74) is 1.70. The molecule has 3 rings (SSSR count). The molecule has 0 saturated carbocycles. The van der Waals surface area contributed by atoms with Crippen LogP contribution >= 0.6 is 34.5 Å². The summed E-state index contributed by atoms with van der Waals surface area (Å²) in [5.74, 6) is 0.741. The number of nitrogens with zero attached hydrogens (tertiary/aromatic N) is 3. The first-order valence-corrected chi connectivity index (χ1v) is 8.57. The molecule has 23 heavy (non-hydrogen) atoms. The second kappa shape index (κ2) is 7.17. The molecule has 0 spiro atoms. The number of halogens is 2. The molecule has 2 heterocycles. The van der Waals surface area contributed by atoms with Gasteiger partial charge in [0.25, 0.3) is 0 Å². The summed E-state index contributed by atoms with van der Waals surface area (Å²) < 4.78 is 7.23. The minimum atomic E-state index is 0.496. The van der Waals surface area contributed by atoms with Crippen molar-refractivity contribution in [2.45, 2.75) is 6.92 Å². The lowest BCUT2D eigenvalue weighted by Crippen LogP contribution is -2.12. The molecule has 0 bridgehead atoms. The zero-order valence-electron chi connectivity index (χ0n) is 12.2. The highest BCUT2D eigenvalue weighted by Gasteiger charge is 2.09. The Morgan fingerprint density at radius 3 is 2.83 bits per heavy atom. The normalized spacial score (nSPS) is 12.4. The SMILES string of the molecule is CCN=c1scc(-c2ccco2)n1N=Cc1ccc(Cl)c(Cl)c1. The predicted octanol–water partition coefficient (Wildman–Crippen LogP) is 4.92. The first-order chi connectivity index (χ1) is 11.2. The molecule has 1 aromatic carbocycles. The van der Waals surface area contributed by atoms with E-state index in [0.717, 1.165) is 21.8 Å². The van der Waals surface area contributed by atoms with Gasteiger partial charge in [0.2, 0.25) is 4.80 Å². The molecule has 0 radical (unpaired) electrons. The second-order valence-corrected chi connectivity index (χ2v) is 6.24. The van der Waals surface area contributed by atoms with Crippen LogP contribution in [0.3, 0.4) is 0 Å². The van der Waals surface area contributed by atoms with Crippen molar-refractivity contribution in [3.63, 3.8) is 0 Å². The Bertz CT molecular complexity index is 894. The number of hydrogen-bond donors (Lipinski definition) is 0. The van der Waals surface area contributed by atoms with Crippen molar-refractivity contribution in [1.82, 2.24) is 4.68 Å². The van der Waals surface area contributed by atoms with Crippen molar-refractivity contribution in [3.8, 4) is 11.5 Å². The molecule has 0 fully saturated rings. The van der Waals surface area contributed by atoms with Crippen LogP contribution in [-0.4, -0.2) is 17.4 Å². The molecule has 0 aliphatic carbocycles. The fourth-order valence-electron chi connectivity index (χ4n) is 1.97. The third-order valence-electron chi connectivity index (χ3n) is 3.02. The van der Waals surface area contributed by atoms with E-state index in [2.05, 4.69) is 10.1 Å². The largest absolute Gasteiger partial charge is 0.463 e. The van der Waals surface area contributed by atoms with Crippen LogP contribution in [0.5, 0.6) is 0 Å². The molecule has 0 amide bonds. The fourth-order valence-corrected chi connectivity index (χ4v) is 3.15. The minimum absolute atomic E-state index is 0.496. The van der Waals surface area contributed by atoms with E-state index in [1.807, 2.05) is 30.5 Å². The molecule has 0 atom stereocenters. The van der Waals surface area contributed by atoms with Crippen LogP contribution in [-0.2, 0) is 0 Å². The van der Waals surface area contributed by atoms with E-state index < -0.39 is 0 Å². The van der Waals surface area contributed by atoms with Crippen molar-refractivity contribution in [1.29, 1.82) is 0 Å². The Kier molecular flexibility index (Phi) is 5.00. The topological polar surface area (TPSA) is 42.8 Å². The summed E-state index contributed by atoms with van der Waals surface area (Å²) in [7, 11) is 0. The Morgan fingerprint density at radius 1 is 1.26 bits per heavy atom. The lowest BCUT2D eigenvalue weighted by molar-refractivity contribution is 0.575. The molecule has 2 aromatic heterocycles. The molecular formula is C16H13Cl2N3OS. The van der Waals surface area contributed by atoms with E-state index in [-0.39, 0.29) is 0 Å². The highest BCUT2D eigenvalue weighted by Crippen LogP contribution is 2.23. The van der Waals surface area contributed by atoms with Gasteiger partial charge in [0.15, 0.2) is 5.76 Å². The number of aromatic nitrogens is 1. The molecule has 0 aliphatic heterocycles. The standard InChI is InChI=1S/C16H13Cl2N3OS/c1-2-19-16-21(14(10-23-16)15-4-3-7-22-15)20-9-11-5-6-12(17)13(18)8-11/h3-10H,2H2,1H3. The summed E-state index contributed by atoms with van der Waals surface area (Å²) in [6.45, 7) is 2.67. The molecule has 118 valence electrons. The average molecular weight is 366 g/mol. The molecule has 0 aliphatic rings. The van der Waals surface area contributed by atoms with E-state index in [0.29, 0.717) is 16.6 Å². The van der Waals surface area contributed by atoms with Crippen LogP contribution in [0, 0.1) is 0 Å². The van der Waals surface area contributed by atoms with Crippen LogP contribution in [0.1, 0.15) is 12.5 Å². The van der Waals surface area contributed by atoms with Gasteiger partial charge in [-0.25, -0.2) is 4.68 Å². The highest BCUT2D eigenvalue weighted by molar-refractivity contribution is 7.07.